The van der Waals surface area contributed by atoms with E-state index in [0.717, 1.165) is 16.7 Å². The zero-order valence-electron chi connectivity index (χ0n) is 20.8. The summed E-state index contributed by atoms with van der Waals surface area (Å²) in [5.74, 6) is -0.322. The summed E-state index contributed by atoms with van der Waals surface area (Å²) in [5, 5.41) is 9.43. The SMILES string of the molecule is CC(C)(C)OC(=O)N1CCN2C(=O)N(c3ccc(-c4ccc(C(C)(C)C(=O)O)cc4)cn3)C[C@@H]2C1. The number of anilines is 1. The number of amides is 3. The van der Waals surface area contributed by atoms with Gasteiger partial charge in [0.25, 0.3) is 0 Å². The third kappa shape index (κ3) is 4.94. The van der Waals surface area contributed by atoms with Gasteiger partial charge in [-0.1, -0.05) is 24.3 Å². The van der Waals surface area contributed by atoms with Gasteiger partial charge in [-0.05, 0) is 57.9 Å². The van der Waals surface area contributed by atoms with Crippen LogP contribution in [0.1, 0.15) is 40.2 Å². The standard InChI is InChI=1S/C26H32N4O5/c1-25(2,3)35-24(34)28-12-13-29-20(15-28)16-30(23(29)33)21-11-8-18(14-27-21)17-6-9-19(10-7-17)26(4,5)22(31)32/h6-11,14,20H,12-13,15-16H2,1-5H3,(H,31,32)/t20-/m0/s1. The maximum Gasteiger partial charge on any atom is 0.410 e. The van der Waals surface area contributed by atoms with Crippen LogP contribution in [-0.2, 0) is 14.9 Å². The van der Waals surface area contributed by atoms with Gasteiger partial charge in [0, 0.05) is 31.4 Å². The summed E-state index contributed by atoms with van der Waals surface area (Å²) in [5.41, 5.74) is 0.964. The molecule has 0 bridgehead atoms. The van der Waals surface area contributed by atoms with E-state index in [0.29, 0.717) is 32.0 Å². The lowest BCUT2D eigenvalue weighted by atomic mass is 9.84. The smallest absolute Gasteiger partial charge is 0.410 e. The number of rotatable bonds is 4. The van der Waals surface area contributed by atoms with Crippen LogP contribution in [0.4, 0.5) is 15.4 Å². The Bertz CT molecular complexity index is 1120. The molecule has 0 spiro atoms. The van der Waals surface area contributed by atoms with Crippen molar-refractivity contribution in [3.05, 3.63) is 48.2 Å². The molecule has 1 aromatic carbocycles. The first kappa shape index (κ1) is 24.5. The lowest BCUT2D eigenvalue weighted by Crippen LogP contribution is -2.54. The third-order valence-corrected chi connectivity index (χ3v) is 6.50. The minimum Gasteiger partial charge on any atom is -0.481 e. The summed E-state index contributed by atoms with van der Waals surface area (Å²) in [7, 11) is 0. The molecule has 2 saturated heterocycles. The molecule has 2 aliphatic heterocycles. The highest BCUT2D eigenvalue weighted by Crippen LogP contribution is 2.29. The van der Waals surface area contributed by atoms with Gasteiger partial charge in [0.05, 0.1) is 18.0 Å². The van der Waals surface area contributed by atoms with Crippen LogP contribution in [0.3, 0.4) is 0 Å². The first-order chi connectivity index (χ1) is 16.4. The Balaban J connectivity index is 1.44. The molecule has 4 rings (SSSR count). The maximum absolute atomic E-state index is 13.0. The molecule has 1 atom stereocenters. The van der Waals surface area contributed by atoms with Crippen molar-refractivity contribution in [1.82, 2.24) is 14.8 Å². The van der Waals surface area contributed by atoms with Crippen molar-refractivity contribution in [2.45, 2.75) is 51.7 Å². The summed E-state index contributed by atoms with van der Waals surface area (Å²) in [4.78, 5) is 46.6. The molecule has 0 saturated carbocycles. The third-order valence-electron chi connectivity index (χ3n) is 6.50. The van der Waals surface area contributed by atoms with E-state index >= 15 is 0 Å². The van der Waals surface area contributed by atoms with Crippen LogP contribution < -0.4 is 4.90 Å². The maximum atomic E-state index is 13.0. The van der Waals surface area contributed by atoms with E-state index in [9.17, 15) is 19.5 Å². The van der Waals surface area contributed by atoms with Crippen molar-refractivity contribution in [1.29, 1.82) is 0 Å². The Morgan fingerprint density at radius 1 is 0.971 bits per heavy atom. The summed E-state index contributed by atoms with van der Waals surface area (Å²) in [6, 6.07) is 10.9. The number of hydrogen-bond acceptors (Lipinski definition) is 5. The number of pyridine rings is 1. The van der Waals surface area contributed by atoms with Crippen molar-refractivity contribution in [3.8, 4) is 11.1 Å². The van der Waals surface area contributed by atoms with E-state index in [1.165, 1.54) is 0 Å². The Morgan fingerprint density at radius 3 is 2.20 bits per heavy atom. The number of aromatic nitrogens is 1. The number of benzene rings is 1. The highest BCUT2D eigenvalue weighted by molar-refractivity contribution is 5.94. The predicted molar refractivity (Wildman–Crippen MR) is 131 cm³/mol. The van der Waals surface area contributed by atoms with E-state index in [-0.39, 0.29) is 18.2 Å². The van der Waals surface area contributed by atoms with E-state index in [4.69, 9.17) is 4.74 Å². The molecule has 2 aliphatic rings. The van der Waals surface area contributed by atoms with Crippen molar-refractivity contribution < 1.29 is 24.2 Å². The highest BCUT2D eigenvalue weighted by Gasteiger charge is 2.43. The Morgan fingerprint density at radius 2 is 1.63 bits per heavy atom. The number of aliphatic carboxylic acids is 1. The number of carbonyl (C=O) groups is 3. The number of piperazine rings is 1. The van der Waals surface area contributed by atoms with Gasteiger partial charge >= 0.3 is 18.1 Å². The molecule has 2 fully saturated rings. The lowest BCUT2D eigenvalue weighted by Gasteiger charge is -2.36. The molecule has 9 heteroatoms. The molecular weight excluding hydrogens is 448 g/mol. The summed E-state index contributed by atoms with van der Waals surface area (Å²) in [6.45, 7) is 10.6. The predicted octanol–water partition coefficient (Wildman–Crippen LogP) is 3.97. The number of carbonyl (C=O) groups excluding carboxylic acids is 2. The summed E-state index contributed by atoms with van der Waals surface area (Å²) >= 11 is 0. The number of carboxylic acid groups (broad SMARTS) is 1. The molecule has 1 aromatic heterocycles. The Hall–Kier alpha value is -3.62. The monoisotopic (exact) mass is 480 g/mol. The number of carboxylic acids is 1. The second-order valence-electron chi connectivity index (χ2n) is 10.6. The van der Waals surface area contributed by atoms with Crippen molar-refractivity contribution in [3.63, 3.8) is 0 Å². The molecule has 35 heavy (non-hydrogen) atoms. The molecular formula is C26H32N4O5. The van der Waals surface area contributed by atoms with Gasteiger partial charge in [-0.2, -0.15) is 0 Å². The quantitative estimate of drug-likeness (QED) is 0.710. The lowest BCUT2D eigenvalue weighted by molar-refractivity contribution is -0.142. The molecule has 186 valence electrons. The molecule has 0 aliphatic carbocycles. The topological polar surface area (TPSA) is 103 Å². The minimum atomic E-state index is -0.970. The first-order valence-corrected chi connectivity index (χ1v) is 11.7. The van der Waals surface area contributed by atoms with Crippen LogP contribution >= 0.6 is 0 Å². The zero-order valence-corrected chi connectivity index (χ0v) is 20.8. The average Bonchev–Trinajstić information content (AvgIpc) is 3.14. The summed E-state index contributed by atoms with van der Waals surface area (Å²) in [6.07, 6.45) is 1.35. The zero-order chi connectivity index (χ0) is 25.5. The largest absolute Gasteiger partial charge is 0.481 e. The van der Waals surface area contributed by atoms with Crippen LogP contribution in [0, 0.1) is 0 Å². The minimum absolute atomic E-state index is 0.112. The van der Waals surface area contributed by atoms with Gasteiger partial charge in [-0.25, -0.2) is 14.6 Å². The number of fused-ring (bicyclic) bond motifs is 1. The number of urea groups is 1. The normalized spacial score (nSPS) is 18.5. The molecule has 2 aromatic rings. The van der Waals surface area contributed by atoms with Gasteiger partial charge in [0.1, 0.15) is 11.4 Å². The number of ether oxygens (including phenoxy) is 1. The molecule has 3 amide bonds. The molecule has 1 N–H and O–H groups in total. The molecule has 3 heterocycles. The fraction of sp³-hybridized carbons (Fsp3) is 0.462. The van der Waals surface area contributed by atoms with Crippen LogP contribution in [0.5, 0.6) is 0 Å². The van der Waals surface area contributed by atoms with Crippen molar-refractivity contribution >= 4 is 23.9 Å². The van der Waals surface area contributed by atoms with Crippen LogP contribution in [-0.4, -0.2) is 75.8 Å². The molecule has 9 nitrogen and oxygen atoms in total. The van der Waals surface area contributed by atoms with E-state index in [1.54, 1.807) is 34.7 Å². The average molecular weight is 481 g/mol. The van der Waals surface area contributed by atoms with E-state index in [1.807, 2.05) is 57.2 Å². The van der Waals surface area contributed by atoms with E-state index < -0.39 is 17.0 Å². The van der Waals surface area contributed by atoms with Gasteiger partial charge in [0.15, 0.2) is 0 Å². The molecule has 0 unspecified atom stereocenters. The number of nitrogens with zero attached hydrogens (tertiary/aromatic N) is 4. The van der Waals surface area contributed by atoms with Crippen LogP contribution in [0.15, 0.2) is 42.6 Å². The highest BCUT2D eigenvalue weighted by atomic mass is 16.6. The second kappa shape index (κ2) is 8.87. The van der Waals surface area contributed by atoms with Gasteiger partial charge in [-0.15, -0.1) is 0 Å². The number of hydrogen-bond donors (Lipinski definition) is 1. The van der Waals surface area contributed by atoms with Crippen LogP contribution in [0.2, 0.25) is 0 Å². The van der Waals surface area contributed by atoms with Gasteiger partial charge < -0.3 is 19.6 Å². The van der Waals surface area contributed by atoms with Gasteiger partial charge in [-0.3, -0.25) is 9.69 Å². The Labute approximate surface area is 205 Å². The fourth-order valence-electron chi connectivity index (χ4n) is 4.31. The molecule has 0 radical (unpaired) electrons. The Kier molecular flexibility index (Phi) is 6.21. The van der Waals surface area contributed by atoms with Crippen molar-refractivity contribution in [2.24, 2.45) is 0 Å². The first-order valence-electron chi connectivity index (χ1n) is 11.7. The van der Waals surface area contributed by atoms with Gasteiger partial charge in [0.2, 0.25) is 0 Å². The van der Waals surface area contributed by atoms with E-state index in [2.05, 4.69) is 4.98 Å². The summed E-state index contributed by atoms with van der Waals surface area (Å²) < 4.78 is 5.49. The van der Waals surface area contributed by atoms with Crippen LogP contribution in [0.25, 0.3) is 11.1 Å². The second-order valence-corrected chi connectivity index (χ2v) is 10.6. The fourth-order valence-corrected chi connectivity index (χ4v) is 4.31. The van der Waals surface area contributed by atoms with Crippen molar-refractivity contribution in [2.75, 3.05) is 31.1 Å².